The lowest BCUT2D eigenvalue weighted by Crippen LogP contribution is -2.42. The van der Waals surface area contributed by atoms with E-state index < -0.39 is 0 Å². The predicted octanol–water partition coefficient (Wildman–Crippen LogP) is 3.99. The Morgan fingerprint density at radius 2 is 1.84 bits per heavy atom. The van der Waals surface area contributed by atoms with E-state index in [2.05, 4.69) is 40.1 Å². The number of hydrogen-bond donors (Lipinski definition) is 1. The molecule has 2 nitrogen and oxygen atoms in total. The van der Waals surface area contributed by atoms with Crippen molar-refractivity contribution >= 4 is 0 Å². The van der Waals surface area contributed by atoms with Crippen molar-refractivity contribution in [1.29, 1.82) is 0 Å². The van der Waals surface area contributed by atoms with Gasteiger partial charge in [0.15, 0.2) is 0 Å². The summed E-state index contributed by atoms with van der Waals surface area (Å²) in [5.74, 6) is 1.68. The molecule has 2 rings (SSSR count). The molecule has 0 bridgehead atoms. The lowest BCUT2D eigenvalue weighted by atomic mass is 9.66. The lowest BCUT2D eigenvalue weighted by molar-refractivity contribution is 0.0208. The van der Waals surface area contributed by atoms with Crippen molar-refractivity contribution in [3.05, 3.63) is 0 Å². The Bertz CT molecular complexity index is 283. The van der Waals surface area contributed by atoms with Gasteiger partial charge >= 0.3 is 0 Å². The molecule has 1 heterocycles. The van der Waals surface area contributed by atoms with E-state index in [1.54, 1.807) is 0 Å². The Balaban J connectivity index is 1.94. The van der Waals surface area contributed by atoms with Crippen molar-refractivity contribution in [2.45, 2.75) is 84.5 Å². The van der Waals surface area contributed by atoms with Crippen molar-refractivity contribution in [3.63, 3.8) is 0 Å². The highest BCUT2D eigenvalue weighted by molar-refractivity contribution is 4.90. The van der Waals surface area contributed by atoms with Crippen LogP contribution in [0.4, 0.5) is 0 Å². The highest BCUT2D eigenvalue weighted by atomic mass is 16.5. The average Bonchev–Trinajstić information content (AvgIpc) is 2.73. The molecule has 0 aromatic carbocycles. The first-order valence-electron chi connectivity index (χ1n) is 8.23. The molecule has 1 aliphatic heterocycles. The van der Waals surface area contributed by atoms with Gasteiger partial charge in [-0.2, -0.15) is 0 Å². The van der Waals surface area contributed by atoms with Gasteiger partial charge in [-0.15, -0.1) is 0 Å². The second kappa shape index (κ2) is 6.13. The van der Waals surface area contributed by atoms with Crippen LogP contribution in [-0.2, 0) is 4.74 Å². The largest absolute Gasteiger partial charge is 0.375 e. The van der Waals surface area contributed by atoms with Crippen molar-refractivity contribution < 1.29 is 4.74 Å². The highest BCUT2D eigenvalue weighted by Gasteiger charge is 2.37. The fraction of sp³-hybridized carbons (Fsp3) is 1.00. The first kappa shape index (κ1) is 15.3. The normalized spacial score (nSPS) is 40.6. The van der Waals surface area contributed by atoms with Crippen LogP contribution in [0.15, 0.2) is 0 Å². The maximum atomic E-state index is 6.05. The predicted molar refractivity (Wildman–Crippen MR) is 81.3 cm³/mol. The van der Waals surface area contributed by atoms with E-state index in [1.165, 1.54) is 38.5 Å². The molecule has 5 atom stereocenters. The van der Waals surface area contributed by atoms with E-state index in [-0.39, 0.29) is 0 Å². The highest BCUT2D eigenvalue weighted by Crippen LogP contribution is 2.42. The van der Waals surface area contributed by atoms with E-state index in [0.29, 0.717) is 23.7 Å². The Hall–Kier alpha value is -0.0800. The van der Waals surface area contributed by atoms with E-state index in [0.717, 1.165) is 11.8 Å². The second-order valence-corrected chi connectivity index (χ2v) is 7.91. The summed E-state index contributed by atoms with van der Waals surface area (Å²) in [6.07, 6.45) is 8.90. The van der Waals surface area contributed by atoms with Crippen molar-refractivity contribution in [1.82, 2.24) is 5.32 Å². The summed E-state index contributed by atoms with van der Waals surface area (Å²) in [4.78, 5) is 0. The number of hydrogen-bond acceptors (Lipinski definition) is 2. The molecule has 2 heteroatoms. The Labute approximate surface area is 119 Å². The van der Waals surface area contributed by atoms with Gasteiger partial charge in [0.1, 0.15) is 0 Å². The minimum Gasteiger partial charge on any atom is -0.375 e. The summed E-state index contributed by atoms with van der Waals surface area (Å²) in [6, 6.07) is 0.707. The minimum absolute atomic E-state index is 0.459. The summed E-state index contributed by atoms with van der Waals surface area (Å²) in [6.45, 7) is 9.43. The third-order valence-electron chi connectivity index (χ3n) is 5.46. The summed E-state index contributed by atoms with van der Waals surface area (Å²) in [5, 5.41) is 3.56. The van der Waals surface area contributed by atoms with Gasteiger partial charge in [0.2, 0.25) is 0 Å². The van der Waals surface area contributed by atoms with Crippen LogP contribution in [0.25, 0.3) is 0 Å². The van der Waals surface area contributed by atoms with E-state index in [9.17, 15) is 0 Å². The van der Waals surface area contributed by atoms with Crippen LogP contribution in [0.3, 0.4) is 0 Å². The number of nitrogens with one attached hydrogen (secondary N) is 1. The van der Waals surface area contributed by atoms with Gasteiger partial charge in [-0.25, -0.2) is 0 Å². The summed E-state index contributed by atoms with van der Waals surface area (Å²) in [7, 11) is 2.13. The molecule has 112 valence electrons. The first-order chi connectivity index (χ1) is 8.90. The molecule has 0 aromatic rings. The molecular weight excluding hydrogens is 234 g/mol. The molecule has 2 fully saturated rings. The Morgan fingerprint density at radius 3 is 2.37 bits per heavy atom. The van der Waals surface area contributed by atoms with Crippen LogP contribution in [-0.4, -0.2) is 25.3 Å². The van der Waals surface area contributed by atoms with Crippen molar-refractivity contribution in [2.24, 2.45) is 17.3 Å². The topological polar surface area (TPSA) is 21.3 Å². The third kappa shape index (κ3) is 3.95. The fourth-order valence-electron chi connectivity index (χ4n) is 4.09. The van der Waals surface area contributed by atoms with Gasteiger partial charge in [-0.3, -0.25) is 0 Å². The molecule has 0 aromatic heterocycles. The zero-order valence-electron chi connectivity index (χ0n) is 13.5. The number of ether oxygens (including phenoxy) is 1. The fourth-order valence-corrected chi connectivity index (χ4v) is 4.09. The summed E-state index contributed by atoms with van der Waals surface area (Å²) in [5.41, 5.74) is 0.459. The minimum atomic E-state index is 0.459. The molecule has 0 radical (unpaired) electrons. The van der Waals surface area contributed by atoms with Gasteiger partial charge in [0.05, 0.1) is 12.2 Å². The van der Waals surface area contributed by atoms with Crippen LogP contribution in [0.5, 0.6) is 0 Å². The van der Waals surface area contributed by atoms with E-state index in [4.69, 9.17) is 4.74 Å². The maximum absolute atomic E-state index is 6.05. The van der Waals surface area contributed by atoms with Crippen LogP contribution < -0.4 is 5.32 Å². The average molecular weight is 267 g/mol. The Morgan fingerprint density at radius 1 is 1.11 bits per heavy atom. The van der Waals surface area contributed by atoms with Gasteiger partial charge in [0, 0.05) is 6.04 Å². The van der Waals surface area contributed by atoms with Crippen LogP contribution in [0, 0.1) is 17.3 Å². The summed E-state index contributed by atoms with van der Waals surface area (Å²) >= 11 is 0. The van der Waals surface area contributed by atoms with Crippen LogP contribution in [0.2, 0.25) is 0 Å². The summed E-state index contributed by atoms with van der Waals surface area (Å²) < 4.78 is 6.05. The molecule has 1 saturated heterocycles. The molecular formula is C17H33NO. The molecule has 19 heavy (non-hydrogen) atoms. The van der Waals surface area contributed by atoms with Crippen LogP contribution >= 0.6 is 0 Å². The molecule has 1 saturated carbocycles. The SMILES string of the molecule is CNC1CCC(C(C)(C)C)CC1CC1CCC(C)O1. The van der Waals surface area contributed by atoms with Gasteiger partial charge in [0.25, 0.3) is 0 Å². The molecule has 1 aliphatic carbocycles. The molecule has 0 spiro atoms. The second-order valence-electron chi connectivity index (χ2n) is 7.91. The van der Waals surface area contributed by atoms with E-state index >= 15 is 0 Å². The monoisotopic (exact) mass is 267 g/mol. The van der Waals surface area contributed by atoms with Crippen molar-refractivity contribution in [3.8, 4) is 0 Å². The molecule has 0 amide bonds. The smallest absolute Gasteiger partial charge is 0.0583 e. The zero-order chi connectivity index (χ0) is 14.0. The molecule has 2 aliphatic rings. The standard InChI is InChI=1S/C17H33NO/c1-12-6-8-15(19-12)11-13-10-14(17(2,3)4)7-9-16(13)18-5/h12-16,18H,6-11H2,1-5H3. The first-order valence-corrected chi connectivity index (χ1v) is 8.23. The van der Waals surface area contributed by atoms with Gasteiger partial charge in [-0.05, 0) is 69.7 Å². The molecule has 5 unspecified atom stereocenters. The quantitative estimate of drug-likeness (QED) is 0.834. The number of rotatable bonds is 3. The lowest BCUT2D eigenvalue weighted by Gasteiger charge is -2.42. The molecule has 1 N–H and O–H groups in total. The van der Waals surface area contributed by atoms with Gasteiger partial charge in [-0.1, -0.05) is 20.8 Å². The van der Waals surface area contributed by atoms with E-state index in [1.807, 2.05) is 0 Å². The van der Waals surface area contributed by atoms with Crippen LogP contribution in [0.1, 0.15) is 66.2 Å². The van der Waals surface area contributed by atoms with Crippen molar-refractivity contribution in [2.75, 3.05) is 7.05 Å². The van der Waals surface area contributed by atoms with Gasteiger partial charge < -0.3 is 10.1 Å². The zero-order valence-corrected chi connectivity index (χ0v) is 13.5. The third-order valence-corrected chi connectivity index (χ3v) is 5.46. The Kier molecular flexibility index (Phi) is 4.94. The maximum Gasteiger partial charge on any atom is 0.0583 e.